The van der Waals surface area contributed by atoms with Gasteiger partial charge in [0.15, 0.2) is 7.83 Å². The van der Waals surface area contributed by atoms with Crippen LogP contribution in [0, 0.1) is 0 Å². The zero-order valence-corrected chi connectivity index (χ0v) is 15.8. The summed E-state index contributed by atoms with van der Waals surface area (Å²) >= 11 is 0. The molecule has 2 nitrogen and oxygen atoms in total. The molecule has 1 heterocycles. The maximum absolute atomic E-state index is 10.3. The lowest BCUT2D eigenvalue weighted by atomic mass is 10.00. The molecule has 0 spiro atoms. The Morgan fingerprint density at radius 1 is 1.18 bits per heavy atom. The monoisotopic (exact) mass is 290 g/mol. The summed E-state index contributed by atoms with van der Waals surface area (Å²) in [4.78, 5) is 0. The minimum Gasteiger partial charge on any atom is -0.413 e. The van der Waals surface area contributed by atoms with Gasteiger partial charge in [0.25, 0.3) is 0 Å². The Morgan fingerprint density at radius 3 is 2.00 bits per heavy atom. The third kappa shape index (κ3) is 2.36. The smallest absolute Gasteiger partial charge is 0.172 e. The van der Waals surface area contributed by atoms with Gasteiger partial charge in [0, 0.05) is 7.59 Å². The van der Waals surface area contributed by atoms with E-state index in [1.165, 1.54) is 0 Å². The van der Waals surface area contributed by atoms with E-state index >= 15 is 0 Å². The Bertz CT molecular complexity index is 280. The Balaban J connectivity index is 3.16. The van der Waals surface area contributed by atoms with Crippen LogP contribution in [0.4, 0.5) is 0 Å². The van der Waals surface area contributed by atoms with Gasteiger partial charge in [-0.05, 0) is 32.5 Å². The molecule has 2 unspecified atom stereocenters. The molecule has 0 bridgehead atoms. The first-order valence-corrected chi connectivity index (χ1v) is 17.9. The second-order valence-electron chi connectivity index (χ2n) is 7.53. The normalized spacial score (nSPS) is 36.5. The van der Waals surface area contributed by atoms with E-state index in [4.69, 9.17) is 4.43 Å². The molecule has 5 heteroatoms. The fourth-order valence-corrected chi connectivity index (χ4v) is 33.8. The lowest BCUT2D eigenvalue weighted by molar-refractivity contribution is -0.0356. The first-order valence-electron chi connectivity index (χ1n) is 6.78. The second-order valence-corrected chi connectivity index (χ2v) is 34.8. The fraction of sp³-hybridized carbons (Fsp3) is 1.00. The standard InChI is InChI=1S/C12H30O2Si3/c1-9-11(13)12(2)10-15(3,4)17(7,8)16(5,6)14-12/h11,13H,9-10H2,1-8H3. The van der Waals surface area contributed by atoms with Crippen molar-refractivity contribution >= 4 is 22.5 Å². The fourth-order valence-electron chi connectivity index (χ4n) is 3.28. The molecule has 0 aromatic carbocycles. The van der Waals surface area contributed by atoms with Gasteiger partial charge in [0.05, 0.1) is 18.8 Å². The number of aliphatic hydroxyl groups excluding tert-OH is 1. The van der Waals surface area contributed by atoms with Crippen molar-refractivity contribution in [1.82, 2.24) is 0 Å². The lowest BCUT2D eigenvalue weighted by Crippen LogP contribution is -2.79. The van der Waals surface area contributed by atoms with Crippen molar-refractivity contribution in [1.29, 1.82) is 0 Å². The van der Waals surface area contributed by atoms with E-state index in [2.05, 4.69) is 53.1 Å². The molecule has 0 radical (unpaired) electrons. The summed E-state index contributed by atoms with van der Waals surface area (Å²) in [6.07, 6.45) is 0.499. The summed E-state index contributed by atoms with van der Waals surface area (Å²) < 4.78 is 6.55. The third-order valence-corrected chi connectivity index (χ3v) is 46.1. The molecule has 0 aliphatic carbocycles. The van der Waals surface area contributed by atoms with E-state index in [-0.39, 0.29) is 11.7 Å². The van der Waals surface area contributed by atoms with E-state index in [9.17, 15) is 5.11 Å². The van der Waals surface area contributed by atoms with Crippen LogP contribution in [0.25, 0.3) is 0 Å². The van der Waals surface area contributed by atoms with Crippen LogP contribution in [0.5, 0.6) is 0 Å². The average Bonchev–Trinajstić information content (AvgIpc) is 2.12. The number of rotatable bonds is 2. The number of aliphatic hydroxyl groups is 1. The van der Waals surface area contributed by atoms with Crippen molar-refractivity contribution < 1.29 is 9.53 Å². The molecule has 0 saturated carbocycles. The predicted octanol–water partition coefficient (Wildman–Crippen LogP) is 3.32. The van der Waals surface area contributed by atoms with E-state index in [1.54, 1.807) is 0 Å². The van der Waals surface area contributed by atoms with Crippen molar-refractivity contribution in [3.8, 4) is 0 Å². The molecular formula is C12H30O2Si3. The van der Waals surface area contributed by atoms with Crippen molar-refractivity contribution in [3.05, 3.63) is 0 Å². The highest BCUT2D eigenvalue weighted by Gasteiger charge is 2.62. The van der Waals surface area contributed by atoms with E-state index < -0.39 is 22.5 Å². The topological polar surface area (TPSA) is 29.5 Å². The maximum atomic E-state index is 10.3. The molecule has 1 saturated heterocycles. The quantitative estimate of drug-likeness (QED) is 0.791. The lowest BCUT2D eigenvalue weighted by Gasteiger charge is -2.59. The molecule has 102 valence electrons. The highest BCUT2D eigenvalue weighted by Crippen LogP contribution is 2.45. The minimum atomic E-state index is -1.63. The highest BCUT2D eigenvalue weighted by molar-refractivity contribution is 7.67. The van der Waals surface area contributed by atoms with E-state index in [0.29, 0.717) is 0 Å². The molecule has 1 aliphatic heterocycles. The van der Waals surface area contributed by atoms with Gasteiger partial charge in [-0.1, -0.05) is 33.1 Å². The van der Waals surface area contributed by atoms with Crippen molar-refractivity contribution in [2.24, 2.45) is 0 Å². The van der Waals surface area contributed by atoms with Crippen molar-refractivity contribution in [2.75, 3.05) is 0 Å². The van der Waals surface area contributed by atoms with Crippen LogP contribution in [0.3, 0.4) is 0 Å². The Hall–Kier alpha value is 0.571. The Kier molecular flexibility index (Phi) is 3.95. The Labute approximate surface area is 109 Å². The van der Waals surface area contributed by atoms with E-state index in [1.807, 2.05) is 0 Å². The molecule has 0 amide bonds. The van der Waals surface area contributed by atoms with Crippen LogP contribution in [-0.4, -0.2) is 39.3 Å². The maximum Gasteiger partial charge on any atom is 0.172 e. The summed E-state index contributed by atoms with van der Waals surface area (Å²) in [5.41, 5.74) is -0.275. The van der Waals surface area contributed by atoms with Crippen molar-refractivity contribution in [3.63, 3.8) is 0 Å². The van der Waals surface area contributed by atoms with Gasteiger partial charge in [-0.25, -0.2) is 0 Å². The zero-order valence-electron chi connectivity index (χ0n) is 12.8. The summed E-state index contributed by atoms with van der Waals surface area (Å²) in [6, 6.07) is 1.13. The molecule has 0 aromatic heterocycles. The molecule has 1 rings (SSSR count). The largest absolute Gasteiger partial charge is 0.413 e. The van der Waals surface area contributed by atoms with Gasteiger partial charge in [-0.15, -0.1) is 0 Å². The van der Waals surface area contributed by atoms with Crippen LogP contribution >= 0.6 is 0 Å². The SMILES string of the molecule is CCC(O)C1(C)C[Si](C)(C)[Si](C)(C)[Si](C)(C)O1. The summed E-state index contributed by atoms with van der Waals surface area (Å²) in [7, 11) is -4.13. The first kappa shape index (κ1) is 15.6. The molecule has 1 aliphatic rings. The highest BCUT2D eigenvalue weighted by atomic mass is 29.6. The van der Waals surface area contributed by atoms with Crippen LogP contribution in [0.15, 0.2) is 0 Å². The molecule has 17 heavy (non-hydrogen) atoms. The van der Waals surface area contributed by atoms with E-state index in [0.717, 1.165) is 12.5 Å². The number of hydrogen-bond acceptors (Lipinski definition) is 2. The summed E-state index contributed by atoms with van der Waals surface area (Å²) in [5, 5.41) is 10.3. The third-order valence-electron chi connectivity index (χ3n) is 5.57. The van der Waals surface area contributed by atoms with Crippen LogP contribution in [0.1, 0.15) is 20.3 Å². The van der Waals surface area contributed by atoms with Gasteiger partial charge in [0.1, 0.15) is 0 Å². The molecule has 2 atom stereocenters. The zero-order chi connectivity index (χ0) is 13.7. The number of hydrogen-bond donors (Lipinski definition) is 1. The van der Waals surface area contributed by atoms with Gasteiger partial charge in [0.2, 0.25) is 0 Å². The predicted molar refractivity (Wildman–Crippen MR) is 83.0 cm³/mol. The van der Waals surface area contributed by atoms with Crippen molar-refractivity contribution in [2.45, 2.75) is 77.3 Å². The molecule has 1 fully saturated rings. The minimum absolute atomic E-state index is 0.275. The van der Waals surface area contributed by atoms with Gasteiger partial charge < -0.3 is 9.53 Å². The molecule has 1 N–H and O–H groups in total. The van der Waals surface area contributed by atoms with Crippen LogP contribution < -0.4 is 0 Å². The second kappa shape index (κ2) is 4.30. The first-order chi connectivity index (χ1) is 7.40. The average molecular weight is 291 g/mol. The van der Waals surface area contributed by atoms with Crippen LogP contribution in [0.2, 0.25) is 45.3 Å². The summed E-state index contributed by atoms with van der Waals surface area (Å²) in [6.45, 7) is 19.1. The molecule has 0 aromatic rings. The molecular weight excluding hydrogens is 260 g/mol. The Morgan fingerprint density at radius 2 is 1.65 bits per heavy atom. The van der Waals surface area contributed by atoms with Gasteiger partial charge in [-0.2, -0.15) is 0 Å². The summed E-state index contributed by atoms with van der Waals surface area (Å²) in [5.74, 6) is 0. The van der Waals surface area contributed by atoms with Crippen LogP contribution in [-0.2, 0) is 4.43 Å². The van der Waals surface area contributed by atoms with Gasteiger partial charge >= 0.3 is 0 Å². The van der Waals surface area contributed by atoms with Gasteiger partial charge in [-0.3, -0.25) is 0 Å².